The Balaban J connectivity index is 1.92. The average Bonchev–Trinajstić information content (AvgIpc) is 3.14. The normalized spacial score (nSPS) is 15.3. The fraction of sp³-hybridized carbons (Fsp3) is 0.238. The van der Waals surface area contributed by atoms with Crippen molar-refractivity contribution in [2.45, 2.75) is 26.4 Å². The van der Waals surface area contributed by atoms with Crippen molar-refractivity contribution in [3.05, 3.63) is 53.9 Å². The highest BCUT2D eigenvalue weighted by atomic mass is 16.5. The minimum Gasteiger partial charge on any atom is -0.490 e. The number of aromatic nitrogens is 2. The molecule has 0 fully saturated rings. The highest BCUT2D eigenvalue weighted by Gasteiger charge is 2.19. The number of benzene rings is 1. The number of nitrogens with zero attached hydrogens (tertiary/aromatic N) is 3. The maximum Gasteiger partial charge on any atom is 0.259 e. The van der Waals surface area contributed by atoms with E-state index in [0.717, 1.165) is 5.56 Å². The van der Waals surface area contributed by atoms with Crippen LogP contribution in [0.2, 0.25) is 0 Å². The summed E-state index contributed by atoms with van der Waals surface area (Å²) < 4.78 is 5.89. The number of rotatable bonds is 6. The number of carbonyl (C=O) groups is 1. The Morgan fingerprint density at radius 1 is 1.36 bits per heavy atom. The molecule has 1 amide bonds. The molecule has 3 rings (SSSR count). The number of anilines is 1. The van der Waals surface area contributed by atoms with Crippen LogP contribution in [0, 0.1) is 0 Å². The second-order valence-electron chi connectivity index (χ2n) is 6.42. The van der Waals surface area contributed by atoms with Crippen LogP contribution < -0.4 is 10.1 Å². The summed E-state index contributed by atoms with van der Waals surface area (Å²) in [6, 6.07) is 7.60. The average molecular weight is 377 g/mol. The first-order valence-corrected chi connectivity index (χ1v) is 9.05. The zero-order valence-electron chi connectivity index (χ0n) is 16.1. The molecule has 144 valence electrons. The summed E-state index contributed by atoms with van der Waals surface area (Å²) in [6.07, 6.45) is 9.23. The van der Waals surface area contributed by atoms with Gasteiger partial charge in [0.2, 0.25) is 0 Å². The van der Waals surface area contributed by atoms with Crippen molar-refractivity contribution in [1.82, 2.24) is 10.2 Å². The van der Waals surface area contributed by atoms with Gasteiger partial charge in [0.1, 0.15) is 11.4 Å². The van der Waals surface area contributed by atoms with Crippen LogP contribution in [0.15, 0.2) is 63.9 Å². The smallest absolute Gasteiger partial charge is 0.259 e. The number of dihydropyridines is 1. The van der Waals surface area contributed by atoms with E-state index < -0.39 is 0 Å². The van der Waals surface area contributed by atoms with Crippen LogP contribution in [-0.2, 0) is 4.79 Å². The largest absolute Gasteiger partial charge is 0.490 e. The van der Waals surface area contributed by atoms with Gasteiger partial charge in [-0.15, -0.1) is 0 Å². The number of ether oxygens (including phenoxy) is 1. The van der Waals surface area contributed by atoms with Gasteiger partial charge in [-0.05, 0) is 32.1 Å². The Hall–Kier alpha value is -3.48. The lowest BCUT2D eigenvalue weighted by atomic mass is 10.1. The number of allylic oxidation sites excluding steroid dienone is 2. The number of nitrogens with one attached hydrogen (secondary N) is 2. The Labute approximate surface area is 163 Å². The molecule has 1 aliphatic rings. The number of carbonyl (C=O) groups excluding carboxylic acids is 1. The molecule has 28 heavy (non-hydrogen) atoms. The minimum atomic E-state index is -0.294. The summed E-state index contributed by atoms with van der Waals surface area (Å²) in [7, 11) is 1.62. The number of para-hydroxylation sites is 1. The number of hydrogen-bond donors (Lipinski definition) is 2. The second kappa shape index (κ2) is 8.94. The van der Waals surface area contributed by atoms with Crippen LogP contribution in [0.3, 0.4) is 0 Å². The van der Waals surface area contributed by atoms with Crippen LogP contribution in [-0.4, -0.2) is 41.7 Å². The molecular weight excluding hydrogens is 354 g/mol. The van der Waals surface area contributed by atoms with Gasteiger partial charge in [-0.1, -0.05) is 18.2 Å². The van der Waals surface area contributed by atoms with Crippen LogP contribution in [0.5, 0.6) is 5.75 Å². The molecule has 0 saturated heterocycles. The maximum absolute atomic E-state index is 12.9. The highest BCUT2D eigenvalue weighted by molar-refractivity contribution is 6.19. The van der Waals surface area contributed by atoms with E-state index in [2.05, 4.69) is 25.5 Å². The maximum atomic E-state index is 12.9. The molecule has 7 heteroatoms. The lowest BCUT2D eigenvalue weighted by Gasteiger charge is -2.14. The fourth-order valence-corrected chi connectivity index (χ4v) is 2.80. The van der Waals surface area contributed by atoms with E-state index in [-0.39, 0.29) is 12.0 Å². The monoisotopic (exact) mass is 377 g/mol. The van der Waals surface area contributed by atoms with Crippen molar-refractivity contribution in [1.29, 1.82) is 0 Å². The number of hydrogen-bond acceptors (Lipinski definition) is 5. The van der Waals surface area contributed by atoms with E-state index >= 15 is 0 Å². The van der Waals surface area contributed by atoms with Crippen molar-refractivity contribution in [3.63, 3.8) is 0 Å². The van der Waals surface area contributed by atoms with E-state index in [0.29, 0.717) is 34.8 Å². The molecule has 0 unspecified atom stereocenters. The Morgan fingerprint density at radius 2 is 2.18 bits per heavy atom. The molecule has 1 aliphatic heterocycles. The third-order valence-corrected chi connectivity index (χ3v) is 3.97. The van der Waals surface area contributed by atoms with E-state index in [1.807, 2.05) is 50.3 Å². The second-order valence-corrected chi connectivity index (χ2v) is 6.42. The summed E-state index contributed by atoms with van der Waals surface area (Å²) in [4.78, 5) is 21.2. The van der Waals surface area contributed by atoms with Crippen LogP contribution in [0.25, 0.3) is 11.3 Å². The number of H-pyrrole nitrogens is 1. The van der Waals surface area contributed by atoms with Gasteiger partial charge in [-0.3, -0.25) is 19.9 Å². The van der Waals surface area contributed by atoms with Gasteiger partial charge in [0.15, 0.2) is 0 Å². The van der Waals surface area contributed by atoms with Gasteiger partial charge in [-0.25, -0.2) is 0 Å². The molecule has 0 radical (unpaired) electrons. The highest BCUT2D eigenvalue weighted by Crippen LogP contribution is 2.34. The third kappa shape index (κ3) is 4.43. The molecule has 1 aromatic carbocycles. The molecule has 0 spiro atoms. The van der Waals surface area contributed by atoms with Crippen molar-refractivity contribution < 1.29 is 9.53 Å². The van der Waals surface area contributed by atoms with Crippen LogP contribution in [0.4, 0.5) is 5.69 Å². The zero-order chi connectivity index (χ0) is 19.9. The van der Waals surface area contributed by atoms with Crippen molar-refractivity contribution in [3.8, 4) is 17.0 Å². The van der Waals surface area contributed by atoms with Crippen molar-refractivity contribution in [2.24, 2.45) is 9.98 Å². The molecule has 0 saturated carbocycles. The first-order valence-electron chi connectivity index (χ1n) is 9.05. The van der Waals surface area contributed by atoms with Gasteiger partial charge in [-0.2, -0.15) is 5.10 Å². The molecule has 1 aromatic heterocycles. The van der Waals surface area contributed by atoms with Crippen LogP contribution in [0.1, 0.15) is 20.3 Å². The van der Waals surface area contributed by atoms with Gasteiger partial charge < -0.3 is 10.1 Å². The molecule has 0 bridgehead atoms. The molecule has 0 aliphatic carbocycles. The lowest BCUT2D eigenvalue weighted by Crippen LogP contribution is -2.17. The summed E-state index contributed by atoms with van der Waals surface area (Å²) in [6.45, 7) is 3.93. The number of aliphatic imine (C=N–C) groups is 2. The molecule has 2 N–H and O–H groups in total. The molecular formula is C21H23N5O2. The van der Waals surface area contributed by atoms with Crippen molar-refractivity contribution >= 4 is 24.0 Å². The summed E-state index contributed by atoms with van der Waals surface area (Å²) in [5, 5.41) is 10.1. The Bertz CT molecular complexity index is 967. The van der Waals surface area contributed by atoms with Crippen molar-refractivity contribution in [2.75, 3.05) is 12.4 Å². The SMILES string of the molecule is C/N=C\C(C(=O)Nc1c[nH]nc1-c1ccccc1OC(C)C)=C1/CC=CC=N1. The molecule has 2 heterocycles. The molecule has 2 aromatic rings. The molecule has 0 atom stereocenters. The number of amides is 1. The molecule has 7 nitrogen and oxygen atoms in total. The van der Waals surface area contributed by atoms with Gasteiger partial charge in [0.25, 0.3) is 5.91 Å². The van der Waals surface area contributed by atoms with E-state index in [1.54, 1.807) is 19.5 Å². The van der Waals surface area contributed by atoms with Crippen LogP contribution >= 0.6 is 0 Å². The first kappa shape index (κ1) is 19.3. The Kier molecular flexibility index (Phi) is 6.16. The summed E-state index contributed by atoms with van der Waals surface area (Å²) >= 11 is 0. The standard InChI is InChI=1S/C21H23N5O2/c1-14(2)28-19-10-5-4-8-15(19)20-18(13-24-26-20)25-21(27)16(12-22-3)17-9-6-7-11-23-17/h4-8,10-14H,9H2,1-3H3,(H,24,26)(H,25,27)/b17-16-,22-12-. The summed E-state index contributed by atoms with van der Waals surface area (Å²) in [5.41, 5.74) is 3.04. The fourth-order valence-electron chi connectivity index (χ4n) is 2.80. The van der Waals surface area contributed by atoms with Gasteiger partial charge in [0.05, 0.1) is 23.1 Å². The van der Waals surface area contributed by atoms with E-state index in [1.165, 1.54) is 6.21 Å². The third-order valence-electron chi connectivity index (χ3n) is 3.97. The topological polar surface area (TPSA) is 91.7 Å². The minimum absolute atomic E-state index is 0.0208. The predicted octanol–water partition coefficient (Wildman–Crippen LogP) is 3.79. The van der Waals surface area contributed by atoms with Gasteiger partial charge >= 0.3 is 0 Å². The first-order chi connectivity index (χ1) is 13.6. The number of aromatic amines is 1. The zero-order valence-corrected chi connectivity index (χ0v) is 16.1. The van der Waals surface area contributed by atoms with Gasteiger partial charge in [0, 0.05) is 37.7 Å². The predicted molar refractivity (Wildman–Crippen MR) is 112 cm³/mol. The Morgan fingerprint density at radius 3 is 2.89 bits per heavy atom. The van der Waals surface area contributed by atoms with E-state index in [9.17, 15) is 4.79 Å². The quantitative estimate of drug-likeness (QED) is 0.593. The lowest BCUT2D eigenvalue weighted by molar-refractivity contribution is -0.112. The summed E-state index contributed by atoms with van der Waals surface area (Å²) in [5.74, 6) is 0.411. The van der Waals surface area contributed by atoms with E-state index in [4.69, 9.17) is 4.74 Å².